The van der Waals surface area contributed by atoms with E-state index in [1.807, 2.05) is 18.3 Å². The van der Waals surface area contributed by atoms with Crippen LogP contribution in [0.15, 0.2) is 35.5 Å². The first kappa shape index (κ1) is 22.7. The number of rotatable bonds is 6. The van der Waals surface area contributed by atoms with Crippen LogP contribution in [0.3, 0.4) is 0 Å². The van der Waals surface area contributed by atoms with Gasteiger partial charge in [0.1, 0.15) is 5.82 Å². The number of nitrogen functional groups attached to an aromatic ring is 1. The summed E-state index contributed by atoms with van der Waals surface area (Å²) < 4.78 is 7.19. The zero-order chi connectivity index (χ0) is 23.5. The SMILES string of the molecule is Nc1ncc(-c2cc3ccn(CCN4CCOCC4)c(=O)c3c(NC3CCC(O)CC3)n2)cn1. The minimum atomic E-state index is -0.251. The first-order valence-electron chi connectivity index (χ1n) is 11.9. The topological polar surface area (TPSA) is 131 Å². The van der Waals surface area contributed by atoms with Gasteiger partial charge < -0.3 is 25.5 Å². The van der Waals surface area contributed by atoms with E-state index in [-0.39, 0.29) is 23.7 Å². The molecule has 1 aliphatic heterocycles. The largest absolute Gasteiger partial charge is 0.393 e. The van der Waals surface area contributed by atoms with Gasteiger partial charge in [-0.15, -0.1) is 0 Å². The molecule has 0 spiro atoms. The monoisotopic (exact) mass is 465 g/mol. The Kier molecular flexibility index (Phi) is 6.70. The van der Waals surface area contributed by atoms with E-state index in [4.69, 9.17) is 15.5 Å². The molecule has 0 radical (unpaired) electrons. The van der Waals surface area contributed by atoms with Crippen LogP contribution in [-0.4, -0.2) is 74.5 Å². The summed E-state index contributed by atoms with van der Waals surface area (Å²) >= 11 is 0. The molecule has 1 aliphatic carbocycles. The molecule has 1 saturated carbocycles. The highest BCUT2D eigenvalue weighted by Crippen LogP contribution is 2.28. The second-order valence-corrected chi connectivity index (χ2v) is 9.07. The van der Waals surface area contributed by atoms with Crippen molar-refractivity contribution in [2.24, 2.45) is 0 Å². The Morgan fingerprint density at radius 2 is 1.85 bits per heavy atom. The third kappa shape index (κ3) is 5.03. The van der Waals surface area contributed by atoms with E-state index in [2.05, 4.69) is 20.2 Å². The Morgan fingerprint density at radius 3 is 2.59 bits per heavy atom. The Hall–Kier alpha value is -3.08. The normalized spacial score (nSPS) is 21.6. The van der Waals surface area contributed by atoms with Crippen molar-refractivity contribution in [3.05, 3.63) is 41.1 Å². The van der Waals surface area contributed by atoms with Crippen molar-refractivity contribution >= 4 is 22.5 Å². The summed E-state index contributed by atoms with van der Waals surface area (Å²) in [5, 5.41) is 14.8. The van der Waals surface area contributed by atoms with Crippen LogP contribution in [0.4, 0.5) is 11.8 Å². The highest BCUT2D eigenvalue weighted by atomic mass is 16.5. The van der Waals surface area contributed by atoms with Gasteiger partial charge in [0.15, 0.2) is 0 Å². The number of aliphatic hydroxyl groups excluding tert-OH is 1. The van der Waals surface area contributed by atoms with Crippen LogP contribution in [-0.2, 0) is 11.3 Å². The van der Waals surface area contributed by atoms with Crippen molar-refractivity contribution in [1.82, 2.24) is 24.4 Å². The fraction of sp³-hybridized carbons (Fsp3) is 0.500. The number of anilines is 2. The molecule has 10 heteroatoms. The number of hydrogen-bond acceptors (Lipinski definition) is 9. The first-order valence-corrected chi connectivity index (χ1v) is 11.9. The minimum Gasteiger partial charge on any atom is -0.393 e. The van der Waals surface area contributed by atoms with Crippen LogP contribution >= 0.6 is 0 Å². The van der Waals surface area contributed by atoms with E-state index >= 15 is 0 Å². The molecule has 1 saturated heterocycles. The summed E-state index contributed by atoms with van der Waals surface area (Å²) in [6.45, 7) is 4.65. The van der Waals surface area contributed by atoms with Crippen molar-refractivity contribution in [3.63, 3.8) is 0 Å². The molecule has 0 aromatic carbocycles. The number of morpholine rings is 1. The van der Waals surface area contributed by atoms with Gasteiger partial charge in [-0.1, -0.05) is 0 Å². The minimum absolute atomic E-state index is 0.0586. The lowest BCUT2D eigenvalue weighted by molar-refractivity contribution is 0.0363. The van der Waals surface area contributed by atoms with E-state index in [9.17, 15) is 9.90 Å². The molecule has 4 N–H and O–H groups in total. The van der Waals surface area contributed by atoms with Gasteiger partial charge in [0.05, 0.1) is 30.4 Å². The van der Waals surface area contributed by atoms with Crippen molar-refractivity contribution in [2.75, 3.05) is 43.9 Å². The predicted molar refractivity (Wildman–Crippen MR) is 131 cm³/mol. The maximum absolute atomic E-state index is 13.6. The van der Waals surface area contributed by atoms with E-state index in [1.165, 1.54) is 0 Å². The number of nitrogens with two attached hydrogens (primary N) is 1. The molecule has 2 aliphatic rings. The van der Waals surface area contributed by atoms with Gasteiger partial charge >= 0.3 is 0 Å². The molecule has 10 nitrogen and oxygen atoms in total. The lowest BCUT2D eigenvalue weighted by atomic mass is 9.93. The standard InChI is InChI=1S/C24H31N7O3/c25-24-26-14-17(15-27-24)20-13-16-5-6-31(8-7-30-9-11-34-12-10-30)23(33)21(16)22(29-20)28-18-1-3-19(32)4-2-18/h5-6,13-15,18-19,32H,1-4,7-12H2,(H,28,29)(H2,25,26,27). The molecule has 5 rings (SSSR count). The number of hydrogen-bond donors (Lipinski definition) is 3. The van der Waals surface area contributed by atoms with Crippen LogP contribution in [0.2, 0.25) is 0 Å². The van der Waals surface area contributed by atoms with Gasteiger partial charge in [0.25, 0.3) is 5.56 Å². The Labute approximate surface area is 197 Å². The molecule has 2 fully saturated rings. The van der Waals surface area contributed by atoms with Gasteiger partial charge in [0, 0.05) is 56.4 Å². The third-order valence-corrected chi connectivity index (χ3v) is 6.72. The summed E-state index contributed by atoms with van der Waals surface area (Å²) in [6.07, 6.45) is 8.03. The van der Waals surface area contributed by atoms with Crippen LogP contribution in [0.1, 0.15) is 25.7 Å². The zero-order valence-electron chi connectivity index (χ0n) is 19.2. The predicted octanol–water partition coefficient (Wildman–Crippen LogP) is 1.48. The number of nitrogens with one attached hydrogen (secondary N) is 1. The average molecular weight is 466 g/mol. The van der Waals surface area contributed by atoms with Crippen molar-refractivity contribution in [2.45, 2.75) is 44.4 Å². The summed E-state index contributed by atoms with van der Waals surface area (Å²) in [6, 6.07) is 4.02. The Balaban J connectivity index is 1.50. The summed E-state index contributed by atoms with van der Waals surface area (Å²) in [7, 11) is 0. The quantitative estimate of drug-likeness (QED) is 0.495. The maximum atomic E-state index is 13.6. The van der Waals surface area contributed by atoms with E-state index in [0.717, 1.165) is 69.5 Å². The number of aromatic nitrogens is 4. The summed E-state index contributed by atoms with van der Waals surface area (Å²) in [4.78, 5) is 28.9. The summed E-state index contributed by atoms with van der Waals surface area (Å²) in [5.74, 6) is 0.767. The smallest absolute Gasteiger partial charge is 0.262 e. The molecule has 0 atom stereocenters. The van der Waals surface area contributed by atoms with Crippen LogP contribution < -0.4 is 16.6 Å². The van der Waals surface area contributed by atoms with E-state index in [1.54, 1.807) is 17.0 Å². The molecule has 4 heterocycles. The third-order valence-electron chi connectivity index (χ3n) is 6.72. The van der Waals surface area contributed by atoms with Gasteiger partial charge in [-0.2, -0.15) is 0 Å². The lowest BCUT2D eigenvalue weighted by Gasteiger charge is -2.27. The second kappa shape index (κ2) is 10.0. The maximum Gasteiger partial charge on any atom is 0.262 e. The van der Waals surface area contributed by atoms with E-state index in [0.29, 0.717) is 23.4 Å². The number of pyridine rings is 2. The molecule has 0 bridgehead atoms. The molecule has 0 unspecified atom stereocenters. The molecule has 3 aromatic heterocycles. The lowest BCUT2D eigenvalue weighted by Crippen LogP contribution is -2.39. The highest BCUT2D eigenvalue weighted by molar-refractivity contribution is 5.93. The first-order chi connectivity index (χ1) is 16.6. The Bertz CT molecular complexity index is 1180. The van der Waals surface area contributed by atoms with E-state index < -0.39 is 0 Å². The van der Waals surface area contributed by atoms with Crippen LogP contribution in [0, 0.1) is 0 Å². The molecule has 0 amide bonds. The molecule has 180 valence electrons. The molecule has 3 aromatic rings. The molecule has 34 heavy (non-hydrogen) atoms. The van der Waals surface area contributed by atoms with Crippen molar-refractivity contribution in [3.8, 4) is 11.3 Å². The number of ether oxygens (including phenoxy) is 1. The number of aliphatic hydroxyl groups is 1. The average Bonchev–Trinajstić information content (AvgIpc) is 2.86. The Morgan fingerprint density at radius 1 is 1.12 bits per heavy atom. The van der Waals surface area contributed by atoms with Crippen LogP contribution in [0.5, 0.6) is 0 Å². The fourth-order valence-corrected chi connectivity index (χ4v) is 4.69. The fourth-order valence-electron chi connectivity index (χ4n) is 4.69. The van der Waals surface area contributed by atoms with Gasteiger partial charge in [-0.3, -0.25) is 9.69 Å². The zero-order valence-corrected chi connectivity index (χ0v) is 19.2. The van der Waals surface area contributed by atoms with Crippen molar-refractivity contribution < 1.29 is 9.84 Å². The molecular formula is C24H31N7O3. The van der Waals surface area contributed by atoms with Gasteiger partial charge in [-0.25, -0.2) is 15.0 Å². The second-order valence-electron chi connectivity index (χ2n) is 9.07. The van der Waals surface area contributed by atoms with Crippen molar-refractivity contribution in [1.29, 1.82) is 0 Å². The van der Waals surface area contributed by atoms with Gasteiger partial charge in [-0.05, 0) is 43.2 Å². The van der Waals surface area contributed by atoms with Gasteiger partial charge in [0.2, 0.25) is 5.95 Å². The van der Waals surface area contributed by atoms with Crippen LogP contribution in [0.25, 0.3) is 22.0 Å². The number of fused-ring (bicyclic) bond motifs is 1. The molecular weight excluding hydrogens is 434 g/mol. The summed E-state index contributed by atoms with van der Waals surface area (Å²) in [5.41, 5.74) is 7.00. The highest BCUT2D eigenvalue weighted by Gasteiger charge is 2.22. The number of nitrogens with zero attached hydrogens (tertiary/aromatic N) is 5.